The van der Waals surface area contributed by atoms with Crippen molar-refractivity contribution in [2.24, 2.45) is 9.98 Å². The van der Waals surface area contributed by atoms with E-state index in [4.69, 9.17) is 0 Å². The zero-order chi connectivity index (χ0) is 19.8. The van der Waals surface area contributed by atoms with E-state index < -0.39 is 0 Å². The summed E-state index contributed by atoms with van der Waals surface area (Å²) in [6.45, 7) is 5.55. The fourth-order valence-corrected chi connectivity index (χ4v) is 3.13. The molecular formula is C21H16N8. The molecule has 8 heteroatoms. The molecule has 5 rings (SSSR count). The second-order valence-corrected chi connectivity index (χ2v) is 6.53. The summed E-state index contributed by atoms with van der Waals surface area (Å²) in [6.07, 6.45) is 3.48. The Labute approximate surface area is 165 Å². The molecule has 0 atom stereocenters. The minimum absolute atomic E-state index is 0.471. The van der Waals surface area contributed by atoms with Crippen molar-refractivity contribution in [3.63, 3.8) is 0 Å². The van der Waals surface area contributed by atoms with Crippen LogP contribution in [0.3, 0.4) is 0 Å². The summed E-state index contributed by atoms with van der Waals surface area (Å²) in [7, 11) is 0. The summed E-state index contributed by atoms with van der Waals surface area (Å²) in [5.41, 5.74) is 3.84. The maximum Gasteiger partial charge on any atom is 0.162 e. The molecule has 0 saturated carbocycles. The summed E-state index contributed by atoms with van der Waals surface area (Å²) < 4.78 is 0. The molecule has 4 heterocycles. The number of nitrogens with one attached hydrogen (secondary N) is 2. The van der Waals surface area contributed by atoms with Gasteiger partial charge in [0.2, 0.25) is 0 Å². The summed E-state index contributed by atoms with van der Waals surface area (Å²) in [5.74, 6) is 1.69. The molecule has 0 aliphatic heterocycles. The number of nitrogens with zero attached hydrogens (tertiary/aromatic N) is 6. The van der Waals surface area contributed by atoms with Crippen molar-refractivity contribution in [1.29, 1.82) is 0 Å². The number of para-hydroxylation sites is 1. The number of hydrogen-bond donors (Lipinski definition) is 2. The number of imidazole rings is 1. The van der Waals surface area contributed by atoms with Gasteiger partial charge < -0.3 is 4.98 Å². The van der Waals surface area contributed by atoms with Crippen LogP contribution in [0.1, 0.15) is 11.3 Å². The van der Waals surface area contributed by atoms with E-state index in [0.717, 1.165) is 27.5 Å². The average molecular weight is 380 g/mol. The first-order valence-electron chi connectivity index (χ1n) is 8.99. The van der Waals surface area contributed by atoms with E-state index in [1.54, 1.807) is 12.4 Å². The fraction of sp³-hybridized carbons (Fsp3) is 0.0476. The lowest BCUT2D eigenvalue weighted by atomic mass is 10.1. The number of benzene rings is 1. The molecule has 1 aromatic carbocycles. The number of aromatic amines is 2. The molecule has 140 valence electrons. The largest absolute Gasteiger partial charge is 0.322 e. The summed E-state index contributed by atoms with van der Waals surface area (Å²) in [5, 5.41) is 8.82. The van der Waals surface area contributed by atoms with Gasteiger partial charge in [0.1, 0.15) is 5.69 Å². The number of H-pyrrole nitrogens is 2. The molecule has 0 radical (unpaired) electrons. The van der Waals surface area contributed by atoms with E-state index in [9.17, 15) is 0 Å². The lowest BCUT2D eigenvalue weighted by Crippen LogP contribution is -1.97. The van der Waals surface area contributed by atoms with Crippen LogP contribution in [0.15, 0.2) is 64.8 Å². The number of fused-ring (bicyclic) bond motifs is 2. The van der Waals surface area contributed by atoms with Crippen molar-refractivity contribution in [3.05, 3.63) is 66.1 Å². The molecule has 8 nitrogen and oxygen atoms in total. The molecule has 0 aliphatic rings. The van der Waals surface area contributed by atoms with Gasteiger partial charge >= 0.3 is 0 Å². The third-order valence-electron chi connectivity index (χ3n) is 4.62. The Balaban J connectivity index is 1.55. The van der Waals surface area contributed by atoms with Crippen molar-refractivity contribution in [2.75, 3.05) is 0 Å². The van der Waals surface area contributed by atoms with Gasteiger partial charge in [-0.1, -0.05) is 18.2 Å². The van der Waals surface area contributed by atoms with Gasteiger partial charge in [-0.3, -0.25) is 10.1 Å². The van der Waals surface area contributed by atoms with Gasteiger partial charge in [-0.25, -0.2) is 20.0 Å². The van der Waals surface area contributed by atoms with E-state index >= 15 is 0 Å². The highest BCUT2D eigenvalue weighted by Gasteiger charge is 2.12. The quantitative estimate of drug-likeness (QED) is 0.364. The van der Waals surface area contributed by atoms with E-state index in [-0.39, 0.29) is 0 Å². The predicted octanol–water partition coefficient (Wildman–Crippen LogP) is 3.98. The SMILES string of the molecule is C=N/C(=N\c1[nH]c(-c2ccc3cn[nH]c3n2)nc1C)c1cnc2ccccc2c1. The van der Waals surface area contributed by atoms with E-state index in [2.05, 4.69) is 46.8 Å². The highest BCUT2D eigenvalue weighted by molar-refractivity contribution is 6.04. The lowest BCUT2D eigenvalue weighted by molar-refractivity contribution is 1.09. The second-order valence-electron chi connectivity index (χ2n) is 6.53. The van der Waals surface area contributed by atoms with Gasteiger partial charge in [0, 0.05) is 22.5 Å². The maximum atomic E-state index is 4.63. The van der Waals surface area contributed by atoms with E-state index in [1.807, 2.05) is 49.4 Å². The van der Waals surface area contributed by atoms with E-state index in [0.29, 0.717) is 28.8 Å². The number of hydrogen-bond acceptors (Lipinski definition) is 5. The smallest absolute Gasteiger partial charge is 0.162 e. The molecule has 4 aromatic heterocycles. The maximum absolute atomic E-state index is 4.63. The van der Waals surface area contributed by atoms with Crippen LogP contribution in [0.2, 0.25) is 0 Å². The second kappa shape index (κ2) is 6.75. The van der Waals surface area contributed by atoms with Crippen molar-refractivity contribution in [1.82, 2.24) is 30.1 Å². The number of aromatic nitrogens is 6. The molecule has 2 N–H and O–H groups in total. The molecule has 29 heavy (non-hydrogen) atoms. The Morgan fingerprint density at radius 2 is 1.93 bits per heavy atom. The Morgan fingerprint density at radius 1 is 1.03 bits per heavy atom. The molecule has 0 bridgehead atoms. The highest BCUT2D eigenvalue weighted by Crippen LogP contribution is 2.24. The van der Waals surface area contributed by atoms with Crippen molar-refractivity contribution < 1.29 is 0 Å². The van der Waals surface area contributed by atoms with Crippen LogP contribution in [0.4, 0.5) is 5.82 Å². The van der Waals surface area contributed by atoms with Gasteiger partial charge in [0.05, 0.1) is 17.4 Å². The predicted molar refractivity (Wildman–Crippen MR) is 114 cm³/mol. The van der Waals surface area contributed by atoms with Crippen molar-refractivity contribution in [3.8, 4) is 11.5 Å². The van der Waals surface area contributed by atoms with Gasteiger partial charge in [-0.05, 0) is 37.9 Å². The third kappa shape index (κ3) is 3.06. The first-order valence-corrected chi connectivity index (χ1v) is 8.99. The number of amidine groups is 1. The Hall–Kier alpha value is -4.20. The Kier molecular flexibility index (Phi) is 3.94. The van der Waals surface area contributed by atoms with Crippen LogP contribution in [0.5, 0.6) is 0 Å². The number of pyridine rings is 2. The van der Waals surface area contributed by atoms with Gasteiger partial charge in [-0.2, -0.15) is 5.10 Å². The number of aliphatic imine (C=N–C) groups is 2. The Morgan fingerprint density at radius 3 is 2.83 bits per heavy atom. The Bertz CT molecular complexity index is 1390. The summed E-state index contributed by atoms with van der Waals surface area (Å²) in [6, 6.07) is 13.7. The minimum Gasteiger partial charge on any atom is -0.322 e. The van der Waals surface area contributed by atoms with Gasteiger partial charge in [-0.15, -0.1) is 0 Å². The van der Waals surface area contributed by atoms with Crippen LogP contribution < -0.4 is 0 Å². The fourth-order valence-electron chi connectivity index (χ4n) is 3.13. The molecule has 0 unspecified atom stereocenters. The lowest BCUT2D eigenvalue weighted by Gasteiger charge is -2.03. The van der Waals surface area contributed by atoms with Crippen LogP contribution in [0.25, 0.3) is 33.5 Å². The highest BCUT2D eigenvalue weighted by atomic mass is 15.1. The van der Waals surface area contributed by atoms with Gasteiger partial charge in [0.25, 0.3) is 0 Å². The molecule has 5 aromatic rings. The van der Waals surface area contributed by atoms with Crippen LogP contribution in [0, 0.1) is 6.92 Å². The first kappa shape index (κ1) is 16.9. The van der Waals surface area contributed by atoms with Crippen LogP contribution >= 0.6 is 0 Å². The van der Waals surface area contributed by atoms with Crippen molar-refractivity contribution >= 4 is 40.3 Å². The van der Waals surface area contributed by atoms with Crippen LogP contribution in [-0.2, 0) is 0 Å². The van der Waals surface area contributed by atoms with Crippen molar-refractivity contribution in [2.45, 2.75) is 6.92 Å². The summed E-state index contributed by atoms with van der Waals surface area (Å²) >= 11 is 0. The van der Waals surface area contributed by atoms with Gasteiger partial charge in [0.15, 0.2) is 23.1 Å². The third-order valence-corrected chi connectivity index (χ3v) is 4.62. The molecule has 0 saturated heterocycles. The molecule has 0 amide bonds. The van der Waals surface area contributed by atoms with Crippen LogP contribution in [-0.4, -0.2) is 42.7 Å². The standard InChI is InChI=1S/C21H16N8/c1-12-18(28-21(25-12)17-8-7-14-11-24-29-20(14)26-17)27-19(22-2)15-9-13-5-3-4-6-16(13)23-10-15/h3-11H,2H2,1H3,(H,25,28)(H,24,26,29)/b27-19-. The summed E-state index contributed by atoms with van der Waals surface area (Å²) in [4.78, 5) is 25.5. The normalized spacial score (nSPS) is 12.0. The van der Waals surface area contributed by atoms with E-state index in [1.165, 1.54) is 0 Å². The zero-order valence-corrected chi connectivity index (χ0v) is 15.6. The number of aryl methyl sites for hydroxylation is 1. The molecule has 0 fully saturated rings. The topological polar surface area (TPSA) is 108 Å². The molecular weight excluding hydrogens is 364 g/mol. The minimum atomic E-state index is 0.471. The molecule has 0 spiro atoms. The number of rotatable bonds is 3. The molecule has 0 aliphatic carbocycles. The average Bonchev–Trinajstić information content (AvgIpc) is 3.37. The monoisotopic (exact) mass is 380 g/mol. The first-order chi connectivity index (χ1) is 14.2. The zero-order valence-electron chi connectivity index (χ0n) is 15.6.